The van der Waals surface area contributed by atoms with Crippen LogP contribution in [0.25, 0.3) is 0 Å². The Morgan fingerprint density at radius 3 is 3.06 bits per heavy atom. The molecule has 0 aliphatic heterocycles. The van der Waals surface area contributed by atoms with Gasteiger partial charge >= 0.3 is 6.55 Å². The third-order valence-corrected chi connectivity index (χ3v) is 3.07. The Bertz CT molecular complexity index is 356. The van der Waals surface area contributed by atoms with Gasteiger partial charge in [-0.05, 0) is 25.7 Å². The highest BCUT2D eigenvalue weighted by atomic mass is 19.3. The predicted octanol–water partition coefficient (Wildman–Crippen LogP) is 2.06. The molecular weight excluding hydrogens is 228 g/mol. The fourth-order valence-corrected chi connectivity index (χ4v) is 2.16. The number of nitrogens with zero attached hydrogens (tertiary/aromatic N) is 2. The van der Waals surface area contributed by atoms with Crippen molar-refractivity contribution < 1.29 is 13.5 Å². The van der Waals surface area contributed by atoms with Gasteiger partial charge < -0.3 is 10.5 Å². The molecule has 0 saturated heterocycles. The van der Waals surface area contributed by atoms with Gasteiger partial charge in [-0.2, -0.15) is 8.78 Å². The number of halogens is 2. The molecule has 0 spiro atoms. The summed E-state index contributed by atoms with van der Waals surface area (Å²) in [4.78, 5) is 3.87. The summed E-state index contributed by atoms with van der Waals surface area (Å²) in [5.74, 6) is 0.263. The van der Waals surface area contributed by atoms with Gasteiger partial charge in [0, 0.05) is 18.4 Å². The van der Waals surface area contributed by atoms with Crippen molar-refractivity contribution in [1.82, 2.24) is 9.55 Å². The number of ether oxygens (including phenoxy) is 1. The molecule has 0 bridgehead atoms. The Kier molecular flexibility index (Phi) is 4.06. The van der Waals surface area contributed by atoms with E-state index < -0.39 is 6.55 Å². The fraction of sp³-hybridized carbons (Fsp3) is 0.727. The van der Waals surface area contributed by atoms with Gasteiger partial charge in [-0.1, -0.05) is 0 Å². The maximum absolute atomic E-state index is 12.5. The van der Waals surface area contributed by atoms with Gasteiger partial charge in [0.2, 0.25) is 0 Å². The van der Waals surface area contributed by atoms with E-state index in [2.05, 4.69) is 4.98 Å². The maximum atomic E-state index is 12.5. The zero-order valence-corrected chi connectivity index (χ0v) is 9.56. The molecule has 0 amide bonds. The smallest absolute Gasteiger partial charge is 0.320 e. The van der Waals surface area contributed by atoms with Crippen molar-refractivity contribution in [2.24, 2.45) is 5.73 Å². The van der Waals surface area contributed by atoms with Crippen LogP contribution in [0.1, 0.15) is 38.1 Å². The molecule has 1 heterocycles. The topological polar surface area (TPSA) is 53.1 Å². The van der Waals surface area contributed by atoms with Crippen molar-refractivity contribution in [3.8, 4) is 0 Å². The van der Waals surface area contributed by atoms with Crippen molar-refractivity contribution >= 4 is 0 Å². The Morgan fingerprint density at radius 1 is 1.53 bits per heavy atom. The van der Waals surface area contributed by atoms with Gasteiger partial charge in [-0.3, -0.25) is 4.57 Å². The van der Waals surface area contributed by atoms with Crippen molar-refractivity contribution in [2.45, 2.75) is 51.0 Å². The van der Waals surface area contributed by atoms with Crippen LogP contribution in [0.5, 0.6) is 0 Å². The third kappa shape index (κ3) is 3.23. The lowest BCUT2D eigenvalue weighted by atomic mass is 9.94. The van der Waals surface area contributed by atoms with E-state index in [1.165, 1.54) is 12.4 Å². The molecule has 17 heavy (non-hydrogen) atoms. The van der Waals surface area contributed by atoms with Crippen LogP contribution in [0, 0.1) is 0 Å². The number of nitrogens with two attached hydrogens (primary N) is 1. The summed E-state index contributed by atoms with van der Waals surface area (Å²) < 4.78 is 31.5. The highest BCUT2D eigenvalue weighted by Gasteiger charge is 2.20. The predicted molar refractivity (Wildman–Crippen MR) is 58.5 cm³/mol. The highest BCUT2D eigenvalue weighted by molar-refractivity contribution is 4.91. The molecule has 1 aromatic rings. The minimum atomic E-state index is -2.57. The lowest BCUT2D eigenvalue weighted by molar-refractivity contribution is -0.000982. The number of hydrogen-bond donors (Lipinski definition) is 1. The molecule has 1 aliphatic rings. The lowest BCUT2D eigenvalue weighted by Gasteiger charge is -2.26. The van der Waals surface area contributed by atoms with Crippen LogP contribution in [0.2, 0.25) is 0 Å². The molecule has 96 valence electrons. The quantitative estimate of drug-likeness (QED) is 0.883. The monoisotopic (exact) mass is 245 g/mol. The van der Waals surface area contributed by atoms with E-state index in [0.29, 0.717) is 0 Å². The standard InChI is InChI=1S/C11H17F2N3O/c12-11(13)16-5-4-15-10(16)7-17-9-3-1-2-8(14)6-9/h4-5,8-9,11H,1-3,6-7,14H2. The van der Waals surface area contributed by atoms with Crippen molar-refractivity contribution in [3.63, 3.8) is 0 Å². The lowest BCUT2D eigenvalue weighted by Crippen LogP contribution is -2.32. The zero-order valence-electron chi connectivity index (χ0n) is 9.56. The summed E-state index contributed by atoms with van der Waals surface area (Å²) in [7, 11) is 0. The summed E-state index contributed by atoms with van der Waals surface area (Å²) in [6.45, 7) is -2.45. The molecule has 0 aromatic carbocycles. The third-order valence-electron chi connectivity index (χ3n) is 3.07. The molecule has 2 atom stereocenters. The van der Waals surface area contributed by atoms with Gasteiger partial charge in [0.05, 0.1) is 6.10 Å². The van der Waals surface area contributed by atoms with Crippen LogP contribution in [-0.4, -0.2) is 21.7 Å². The molecule has 1 fully saturated rings. The normalized spacial score (nSPS) is 25.4. The average molecular weight is 245 g/mol. The van der Waals surface area contributed by atoms with Gasteiger partial charge in [-0.15, -0.1) is 0 Å². The fourth-order valence-electron chi connectivity index (χ4n) is 2.16. The highest BCUT2D eigenvalue weighted by Crippen LogP contribution is 2.21. The number of alkyl halides is 2. The molecule has 2 N–H and O–H groups in total. The van der Waals surface area contributed by atoms with Crippen molar-refractivity contribution in [3.05, 3.63) is 18.2 Å². The van der Waals surface area contributed by atoms with Gasteiger partial charge in [0.15, 0.2) is 0 Å². The molecule has 2 unspecified atom stereocenters. The number of imidazole rings is 1. The molecule has 4 nitrogen and oxygen atoms in total. The number of aromatic nitrogens is 2. The Hall–Kier alpha value is -1.01. The SMILES string of the molecule is NC1CCCC(OCc2nccn2C(F)F)C1. The minimum Gasteiger partial charge on any atom is -0.370 e. The summed E-state index contributed by atoms with van der Waals surface area (Å²) in [5, 5.41) is 0. The Labute approximate surface area is 98.8 Å². The number of rotatable bonds is 4. The summed E-state index contributed by atoms with van der Waals surface area (Å²) in [5.41, 5.74) is 5.83. The van der Waals surface area contributed by atoms with E-state index in [1.54, 1.807) is 0 Å². The van der Waals surface area contributed by atoms with E-state index in [4.69, 9.17) is 10.5 Å². The zero-order chi connectivity index (χ0) is 12.3. The molecule has 1 aromatic heterocycles. The van der Waals surface area contributed by atoms with Crippen LogP contribution in [0.4, 0.5) is 8.78 Å². The van der Waals surface area contributed by atoms with Gasteiger partial charge in [0.25, 0.3) is 0 Å². The van der Waals surface area contributed by atoms with E-state index in [9.17, 15) is 8.78 Å². The van der Waals surface area contributed by atoms with E-state index in [0.717, 1.165) is 30.3 Å². The van der Waals surface area contributed by atoms with Crippen LogP contribution in [0.15, 0.2) is 12.4 Å². The first-order valence-corrected chi connectivity index (χ1v) is 5.84. The first-order chi connectivity index (χ1) is 8.16. The average Bonchev–Trinajstić information content (AvgIpc) is 2.74. The van der Waals surface area contributed by atoms with Crippen LogP contribution in [0.3, 0.4) is 0 Å². The molecule has 2 rings (SSSR count). The largest absolute Gasteiger partial charge is 0.370 e. The van der Waals surface area contributed by atoms with Gasteiger partial charge in [0.1, 0.15) is 12.4 Å². The maximum Gasteiger partial charge on any atom is 0.320 e. The van der Waals surface area contributed by atoms with E-state index in [-0.39, 0.29) is 24.6 Å². The van der Waals surface area contributed by atoms with Crippen LogP contribution >= 0.6 is 0 Å². The molecule has 6 heteroatoms. The number of hydrogen-bond acceptors (Lipinski definition) is 3. The minimum absolute atomic E-state index is 0.0709. The Morgan fingerprint density at radius 2 is 2.35 bits per heavy atom. The van der Waals surface area contributed by atoms with Gasteiger partial charge in [-0.25, -0.2) is 4.98 Å². The molecular formula is C11H17F2N3O. The molecule has 0 radical (unpaired) electrons. The van der Waals surface area contributed by atoms with Crippen LogP contribution in [-0.2, 0) is 11.3 Å². The second-order valence-corrected chi connectivity index (χ2v) is 4.39. The Balaban J connectivity index is 1.86. The van der Waals surface area contributed by atoms with E-state index >= 15 is 0 Å². The summed E-state index contributed by atoms with van der Waals surface area (Å²) in [6.07, 6.45) is 6.49. The van der Waals surface area contributed by atoms with Crippen LogP contribution < -0.4 is 5.73 Å². The molecule has 1 saturated carbocycles. The first kappa shape index (κ1) is 12.4. The summed E-state index contributed by atoms with van der Waals surface area (Å²) in [6, 6.07) is 0.170. The first-order valence-electron chi connectivity index (χ1n) is 5.84. The summed E-state index contributed by atoms with van der Waals surface area (Å²) >= 11 is 0. The van der Waals surface area contributed by atoms with Crippen molar-refractivity contribution in [1.29, 1.82) is 0 Å². The van der Waals surface area contributed by atoms with E-state index in [1.807, 2.05) is 0 Å². The second-order valence-electron chi connectivity index (χ2n) is 4.39. The van der Waals surface area contributed by atoms with Crippen molar-refractivity contribution in [2.75, 3.05) is 0 Å². The molecule has 1 aliphatic carbocycles. The second kappa shape index (κ2) is 5.55.